The summed E-state index contributed by atoms with van der Waals surface area (Å²) in [5, 5.41) is 0. The van der Waals surface area contributed by atoms with Crippen molar-refractivity contribution in [2.75, 3.05) is 13.2 Å². The molecule has 1 rings (SSSR count). The first kappa shape index (κ1) is 7.31. The maximum absolute atomic E-state index is 12.1. The van der Waals surface area contributed by atoms with Gasteiger partial charge in [-0.3, -0.25) is 0 Å². The summed E-state index contributed by atoms with van der Waals surface area (Å²) < 4.78 is 12.1. The van der Waals surface area contributed by atoms with E-state index in [1.165, 1.54) is 4.90 Å². The van der Waals surface area contributed by atoms with E-state index in [0.29, 0.717) is 6.54 Å². The molecule has 0 saturated carbocycles. The molecule has 3 nitrogen and oxygen atoms in total. The predicted octanol–water partition coefficient (Wildman–Crippen LogP) is 0.499. The van der Waals surface area contributed by atoms with Crippen molar-refractivity contribution in [3.05, 3.63) is 0 Å². The summed E-state index contributed by atoms with van der Waals surface area (Å²) in [7, 11) is 0. The predicted molar refractivity (Wildman–Crippen MR) is 35.3 cm³/mol. The van der Waals surface area contributed by atoms with Gasteiger partial charge in [0, 0.05) is 6.54 Å². The molecule has 2 amide bonds. The summed E-state index contributed by atoms with van der Waals surface area (Å²) in [5.74, 6) is 0. The second-order valence-corrected chi connectivity index (χ2v) is 2.48. The molecule has 1 fully saturated rings. The third kappa shape index (κ3) is 1.20. The van der Waals surface area contributed by atoms with E-state index in [-0.39, 0.29) is 6.04 Å². The number of halogens is 1. The third-order valence-corrected chi connectivity index (χ3v) is 1.84. The van der Waals surface area contributed by atoms with Gasteiger partial charge in [0.25, 0.3) is 0 Å². The van der Waals surface area contributed by atoms with E-state index in [0.717, 1.165) is 12.8 Å². The van der Waals surface area contributed by atoms with Crippen LogP contribution in [-0.4, -0.2) is 30.2 Å². The monoisotopic (exact) mass is 146 g/mol. The number of nitrogens with zero attached hydrogens (tertiary/aromatic N) is 1. The number of hydrogen-bond acceptors (Lipinski definition) is 1. The number of likely N-dealkylation sites (tertiary alicyclic amines) is 1. The summed E-state index contributed by atoms with van der Waals surface area (Å²) in [6.45, 7) is 0.146. The number of carbonyl (C=O) groups excluding carboxylic acids is 1. The van der Waals surface area contributed by atoms with Crippen LogP contribution in [0, 0.1) is 0 Å². The van der Waals surface area contributed by atoms with Gasteiger partial charge in [0.05, 0.1) is 6.04 Å². The van der Waals surface area contributed by atoms with Crippen LogP contribution in [0.25, 0.3) is 0 Å². The molecule has 1 atom stereocenters. The van der Waals surface area contributed by atoms with Crippen molar-refractivity contribution in [2.24, 2.45) is 5.73 Å². The molecule has 1 unspecified atom stereocenters. The molecular weight excluding hydrogens is 135 g/mol. The van der Waals surface area contributed by atoms with E-state index in [1.54, 1.807) is 0 Å². The Labute approximate surface area is 59.0 Å². The van der Waals surface area contributed by atoms with Crippen LogP contribution in [0.5, 0.6) is 0 Å². The number of nitrogens with two attached hydrogens (primary N) is 1. The normalized spacial score (nSPS) is 25.3. The van der Waals surface area contributed by atoms with Crippen molar-refractivity contribution >= 4 is 6.03 Å². The van der Waals surface area contributed by atoms with Crippen LogP contribution in [0.3, 0.4) is 0 Å². The minimum absolute atomic E-state index is 0.252. The molecule has 0 radical (unpaired) electrons. The number of amides is 2. The SMILES string of the molecule is NC(=O)N1CCCC1CF. The van der Waals surface area contributed by atoms with Crippen molar-refractivity contribution in [2.45, 2.75) is 18.9 Å². The van der Waals surface area contributed by atoms with E-state index < -0.39 is 12.7 Å². The summed E-state index contributed by atoms with van der Waals surface area (Å²) in [5.41, 5.74) is 4.98. The molecule has 1 aliphatic heterocycles. The second-order valence-electron chi connectivity index (χ2n) is 2.48. The number of primary amides is 1. The fourth-order valence-corrected chi connectivity index (χ4v) is 1.29. The van der Waals surface area contributed by atoms with Gasteiger partial charge < -0.3 is 10.6 Å². The van der Waals surface area contributed by atoms with E-state index in [2.05, 4.69) is 0 Å². The third-order valence-electron chi connectivity index (χ3n) is 1.84. The highest BCUT2D eigenvalue weighted by Gasteiger charge is 2.26. The summed E-state index contributed by atoms with van der Waals surface area (Å²) >= 11 is 0. The lowest BCUT2D eigenvalue weighted by molar-refractivity contribution is 0.191. The molecule has 4 heteroatoms. The lowest BCUT2D eigenvalue weighted by atomic mass is 10.2. The zero-order valence-corrected chi connectivity index (χ0v) is 5.72. The molecule has 10 heavy (non-hydrogen) atoms. The van der Waals surface area contributed by atoms with Gasteiger partial charge in [0.2, 0.25) is 0 Å². The summed E-state index contributed by atoms with van der Waals surface area (Å²) in [6, 6.07) is -0.752. The van der Waals surface area contributed by atoms with Gasteiger partial charge >= 0.3 is 6.03 Å². The summed E-state index contributed by atoms with van der Waals surface area (Å²) in [4.78, 5) is 11.9. The molecule has 0 aliphatic carbocycles. The number of urea groups is 1. The zero-order chi connectivity index (χ0) is 7.56. The van der Waals surface area contributed by atoms with Gasteiger partial charge in [-0.25, -0.2) is 9.18 Å². The zero-order valence-electron chi connectivity index (χ0n) is 5.72. The van der Waals surface area contributed by atoms with E-state index in [1.807, 2.05) is 0 Å². The number of alkyl halides is 1. The Kier molecular flexibility index (Phi) is 2.09. The van der Waals surface area contributed by atoms with Crippen LogP contribution in [0.1, 0.15) is 12.8 Å². The molecule has 0 aromatic heterocycles. The van der Waals surface area contributed by atoms with Gasteiger partial charge in [-0.1, -0.05) is 0 Å². The highest BCUT2D eigenvalue weighted by Crippen LogP contribution is 2.16. The van der Waals surface area contributed by atoms with Crippen molar-refractivity contribution in [3.8, 4) is 0 Å². The Morgan fingerprint density at radius 2 is 2.50 bits per heavy atom. The second kappa shape index (κ2) is 2.86. The Balaban J connectivity index is 2.50. The van der Waals surface area contributed by atoms with Gasteiger partial charge in [-0.15, -0.1) is 0 Å². The van der Waals surface area contributed by atoms with E-state index >= 15 is 0 Å². The minimum atomic E-state index is -0.500. The lowest BCUT2D eigenvalue weighted by Crippen LogP contribution is -2.40. The molecule has 58 valence electrons. The minimum Gasteiger partial charge on any atom is -0.351 e. The van der Waals surface area contributed by atoms with Crippen LogP contribution < -0.4 is 5.73 Å². The molecule has 1 aliphatic rings. The fourth-order valence-electron chi connectivity index (χ4n) is 1.29. The highest BCUT2D eigenvalue weighted by atomic mass is 19.1. The Bertz CT molecular complexity index is 140. The first-order chi connectivity index (χ1) is 4.75. The van der Waals surface area contributed by atoms with Gasteiger partial charge in [-0.05, 0) is 12.8 Å². The average molecular weight is 146 g/mol. The van der Waals surface area contributed by atoms with Crippen molar-refractivity contribution in [3.63, 3.8) is 0 Å². The molecule has 0 aromatic carbocycles. The Morgan fingerprint density at radius 1 is 1.80 bits per heavy atom. The van der Waals surface area contributed by atoms with E-state index in [4.69, 9.17) is 5.73 Å². The van der Waals surface area contributed by atoms with Gasteiger partial charge in [-0.2, -0.15) is 0 Å². The van der Waals surface area contributed by atoms with Crippen molar-refractivity contribution in [1.29, 1.82) is 0 Å². The first-order valence-corrected chi connectivity index (χ1v) is 3.37. The molecular formula is C6H11FN2O. The smallest absolute Gasteiger partial charge is 0.315 e. The number of carbonyl (C=O) groups is 1. The molecule has 0 aromatic rings. The van der Waals surface area contributed by atoms with Crippen LogP contribution in [0.15, 0.2) is 0 Å². The number of rotatable bonds is 1. The number of hydrogen-bond donors (Lipinski definition) is 1. The first-order valence-electron chi connectivity index (χ1n) is 3.37. The molecule has 0 spiro atoms. The largest absolute Gasteiger partial charge is 0.351 e. The standard InChI is InChI=1S/C6H11FN2O/c7-4-5-2-1-3-9(5)6(8)10/h5H,1-4H2,(H2,8,10). The van der Waals surface area contributed by atoms with Gasteiger partial charge in [0.1, 0.15) is 6.67 Å². The quantitative estimate of drug-likeness (QED) is 0.575. The molecule has 1 saturated heterocycles. The lowest BCUT2D eigenvalue weighted by Gasteiger charge is -2.18. The molecule has 0 bridgehead atoms. The average Bonchev–Trinajstić information content (AvgIpc) is 2.33. The summed E-state index contributed by atoms with van der Waals surface area (Å²) in [6.07, 6.45) is 1.62. The van der Waals surface area contributed by atoms with Crippen molar-refractivity contribution in [1.82, 2.24) is 4.90 Å². The highest BCUT2D eigenvalue weighted by molar-refractivity contribution is 5.72. The van der Waals surface area contributed by atoms with Crippen molar-refractivity contribution < 1.29 is 9.18 Å². The van der Waals surface area contributed by atoms with Crippen LogP contribution >= 0.6 is 0 Å². The van der Waals surface area contributed by atoms with Crippen LogP contribution in [-0.2, 0) is 0 Å². The van der Waals surface area contributed by atoms with Crippen LogP contribution in [0.4, 0.5) is 9.18 Å². The fraction of sp³-hybridized carbons (Fsp3) is 0.833. The Morgan fingerprint density at radius 3 is 2.90 bits per heavy atom. The molecule has 2 N–H and O–H groups in total. The Hall–Kier alpha value is -0.800. The van der Waals surface area contributed by atoms with Gasteiger partial charge in [0.15, 0.2) is 0 Å². The topological polar surface area (TPSA) is 46.3 Å². The maximum Gasteiger partial charge on any atom is 0.315 e. The molecule has 1 heterocycles. The van der Waals surface area contributed by atoms with Crippen LogP contribution in [0.2, 0.25) is 0 Å². The maximum atomic E-state index is 12.1. The van der Waals surface area contributed by atoms with E-state index in [9.17, 15) is 9.18 Å².